The van der Waals surface area contributed by atoms with E-state index >= 15 is 0 Å². The third-order valence-electron chi connectivity index (χ3n) is 5.94. The summed E-state index contributed by atoms with van der Waals surface area (Å²) < 4.78 is 11.1. The summed E-state index contributed by atoms with van der Waals surface area (Å²) in [7, 11) is 0. The Morgan fingerprint density at radius 2 is 2.07 bits per heavy atom. The molecule has 7 nitrogen and oxygen atoms in total. The number of rotatable bonds is 4. The van der Waals surface area contributed by atoms with Gasteiger partial charge in [-0.05, 0) is 62.8 Å². The Balaban J connectivity index is 1.28. The summed E-state index contributed by atoms with van der Waals surface area (Å²) in [6.45, 7) is 2.83. The predicted molar refractivity (Wildman–Crippen MR) is 101 cm³/mol. The Morgan fingerprint density at radius 1 is 1.15 bits per heavy atom. The predicted octanol–water partition coefficient (Wildman–Crippen LogP) is 3.27. The van der Waals surface area contributed by atoms with Crippen LogP contribution in [-0.4, -0.2) is 46.1 Å². The molecule has 4 heterocycles. The molecule has 2 N–H and O–H groups in total. The number of piperidine rings is 1. The molecule has 0 bridgehead atoms. The fourth-order valence-electron chi connectivity index (χ4n) is 4.39. The zero-order valence-electron chi connectivity index (χ0n) is 15.4. The average Bonchev–Trinajstić information content (AvgIpc) is 3.38. The summed E-state index contributed by atoms with van der Waals surface area (Å²) in [6.07, 6.45) is 7.52. The van der Waals surface area contributed by atoms with E-state index in [0.29, 0.717) is 17.8 Å². The van der Waals surface area contributed by atoms with E-state index in [1.807, 2.05) is 24.4 Å². The van der Waals surface area contributed by atoms with Gasteiger partial charge >= 0.3 is 0 Å². The summed E-state index contributed by atoms with van der Waals surface area (Å²) in [6, 6.07) is 6.59. The molecule has 7 heteroatoms. The Labute approximate surface area is 157 Å². The first-order valence-corrected chi connectivity index (χ1v) is 9.93. The van der Waals surface area contributed by atoms with E-state index in [1.54, 1.807) is 0 Å². The fraction of sp³-hybridized carbons (Fsp3) is 0.550. The van der Waals surface area contributed by atoms with E-state index in [1.165, 1.54) is 19.3 Å². The summed E-state index contributed by atoms with van der Waals surface area (Å²) >= 11 is 0. The van der Waals surface area contributed by atoms with Crippen LogP contribution in [0.25, 0.3) is 22.3 Å². The number of H-pyrrole nitrogens is 1. The highest BCUT2D eigenvalue weighted by molar-refractivity contribution is 5.82. The van der Waals surface area contributed by atoms with Crippen molar-refractivity contribution in [3.8, 4) is 11.4 Å². The number of aromatic nitrogens is 4. The van der Waals surface area contributed by atoms with Crippen LogP contribution < -0.4 is 5.32 Å². The van der Waals surface area contributed by atoms with Crippen molar-refractivity contribution >= 4 is 10.9 Å². The first kappa shape index (κ1) is 16.9. The molecule has 2 atom stereocenters. The second-order valence-corrected chi connectivity index (χ2v) is 7.79. The maximum absolute atomic E-state index is 5.66. The maximum atomic E-state index is 5.66. The van der Waals surface area contributed by atoms with Crippen molar-refractivity contribution in [2.45, 2.75) is 44.1 Å². The van der Waals surface area contributed by atoms with Gasteiger partial charge in [-0.3, -0.25) is 5.10 Å². The molecule has 5 rings (SSSR count). The minimum Gasteiger partial charge on any atom is -0.381 e. The van der Waals surface area contributed by atoms with Crippen LogP contribution in [0.2, 0.25) is 0 Å². The number of benzene rings is 1. The average molecular weight is 367 g/mol. The Bertz CT molecular complexity index is 899. The van der Waals surface area contributed by atoms with Gasteiger partial charge in [0.1, 0.15) is 0 Å². The van der Waals surface area contributed by atoms with E-state index in [2.05, 4.69) is 20.7 Å². The highest BCUT2D eigenvalue weighted by Gasteiger charge is 2.29. The highest BCUT2D eigenvalue weighted by atomic mass is 16.5. The minimum atomic E-state index is 0.343. The van der Waals surface area contributed by atoms with E-state index in [0.717, 1.165) is 60.9 Å². The van der Waals surface area contributed by atoms with E-state index in [4.69, 9.17) is 14.2 Å². The molecule has 142 valence electrons. The van der Waals surface area contributed by atoms with Crippen molar-refractivity contribution in [3.63, 3.8) is 0 Å². The number of nitrogens with one attached hydrogen (secondary N) is 2. The molecule has 0 saturated carbocycles. The fourth-order valence-corrected chi connectivity index (χ4v) is 4.39. The summed E-state index contributed by atoms with van der Waals surface area (Å²) in [5.41, 5.74) is 1.98. The van der Waals surface area contributed by atoms with Crippen molar-refractivity contribution in [1.82, 2.24) is 25.7 Å². The summed E-state index contributed by atoms with van der Waals surface area (Å²) in [5.74, 6) is 2.55. The Hall–Kier alpha value is -2.25. The molecule has 2 fully saturated rings. The lowest BCUT2D eigenvalue weighted by molar-refractivity contribution is 0.0587. The summed E-state index contributed by atoms with van der Waals surface area (Å²) in [5, 5.41) is 16.0. The molecule has 2 saturated heterocycles. The molecule has 2 aliphatic rings. The second kappa shape index (κ2) is 7.40. The van der Waals surface area contributed by atoms with Gasteiger partial charge in [0.05, 0.1) is 11.7 Å². The number of nitrogens with zero attached hydrogens (tertiary/aromatic N) is 3. The van der Waals surface area contributed by atoms with Crippen molar-refractivity contribution in [2.24, 2.45) is 5.92 Å². The molecule has 3 aromatic rings. The molecule has 27 heavy (non-hydrogen) atoms. The van der Waals surface area contributed by atoms with Gasteiger partial charge in [-0.2, -0.15) is 10.1 Å². The smallest absolute Gasteiger partial charge is 0.230 e. The Morgan fingerprint density at radius 3 is 3.00 bits per heavy atom. The molecular formula is C20H25N5O2. The molecule has 0 amide bonds. The van der Waals surface area contributed by atoms with Crippen LogP contribution >= 0.6 is 0 Å². The van der Waals surface area contributed by atoms with Gasteiger partial charge in [-0.15, -0.1) is 0 Å². The molecule has 1 aromatic carbocycles. The quantitative estimate of drug-likeness (QED) is 0.736. The normalized spacial score (nSPS) is 24.4. The zero-order valence-corrected chi connectivity index (χ0v) is 15.4. The van der Waals surface area contributed by atoms with Crippen molar-refractivity contribution < 1.29 is 9.26 Å². The number of ether oxygens (including phenoxy) is 1. The first-order chi connectivity index (χ1) is 13.3. The standard InChI is InChI=1S/C20H25N5O2/c1-2-18-16(12-22-24-18)10-14(1)19-23-20(27-25-19)15-3-6-21-17(11-15)9-13-4-7-26-8-5-13/h1-2,10,12-13,15,17,21H,3-9,11H2,(H,22,24). The molecule has 2 unspecified atom stereocenters. The zero-order chi connectivity index (χ0) is 18.1. The van der Waals surface area contributed by atoms with Gasteiger partial charge in [0.15, 0.2) is 0 Å². The molecule has 0 spiro atoms. The van der Waals surface area contributed by atoms with Crippen LogP contribution in [-0.2, 0) is 4.74 Å². The molecule has 0 aliphatic carbocycles. The van der Waals surface area contributed by atoms with Gasteiger partial charge in [0, 0.05) is 36.1 Å². The largest absolute Gasteiger partial charge is 0.381 e. The lowest BCUT2D eigenvalue weighted by Crippen LogP contribution is -2.39. The van der Waals surface area contributed by atoms with E-state index in [-0.39, 0.29) is 0 Å². The van der Waals surface area contributed by atoms with Crippen molar-refractivity contribution in [1.29, 1.82) is 0 Å². The Kier molecular flexibility index (Phi) is 4.63. The molecule has 0 radical (unpaired) electrons. The number of hydrogen-bond acceptors (Lipinski definition) is 6. The lowest BCUT2D eigenvalue weighted by atomic mass is 9.85. The number of fused-ring (bicyclic) bond motifs is 1. The molecule has 2 aliphatic heterocycles. The third kappa shape index (κ3) is 3.61. The van der Waals surface area contributed by atoms with Crippen LogP contribution in [0.1, 0.15) is 43.9 Å². The maximum Gasteiger partial charge on any atom is 0.230 e. The van der Waals surface area contributed by atoms with Gasteiger partial charge in [-0.1, -0.05) is 5.16 Å². The van der Waals surface area contributed by atoms with Gasteiger partial charge in [-0.25, -0.2) is 0 Å². The minimum absolute atomic E-state index is 0.343. The highest BCUT2D eigenvalue weighted by Crippen LogP contribution is 2.32. The number of hydrogen-bond donors (Lipinski definition) is 2. The lowest BCUT2D eigenvalue weighted by Gasteiger charge is -2.32. The van der Waals surface area contributed by atoms with E-state index < -0.39 is 0 Å². The second-order valence-electron chi connectivity index (χ2n) is 7.79. The molecular weight excluding hydrogens is 342 g/mol. The third-order valence-corrected chi connectivity index (χ3v) is 5.94. The van der Waals surface area contributed by atoms with Gasteiger partial charge in [0.2, 0.25) is 11.7 Å². The van der Waals surface area contributed by atoms with Crippen LogP contribution in [0.5, 0.6) is 0 Å². The van der Waals surface area contributed by atoms with Gasteiger partial charge < -0.3 is 14.6 Å². The van der Waals surface area contributed by atoms with Gasteiger partial charge in [0.25, 0.3) is 0 Å². The van der Waals surface area contributed by atoms with Crippen LogP contribution in [0.15, 0.2) is 28.9 Å². The SMILES string of the molecule is c1cc2[nH]ncc2cc1-c1noc(C2CCNC(CC3CCOCC3)C2)n1. The topological polar surface area (TPSA) is 88.9 Å². The van der Waals surface area contributed by atoms with Crippen LogP contribution in [0.3, 0.4) is 0 Å². The van der Waals surface area contributed by atoms with Crippen molar-refractivity contribution in [3.05, 3.63) is 30.3 Å². The monoisotopic (exact) mass is 367 g/mol. The molecule has 2 aromatic heterocycles. The summed E-state index contributed by atoms with van der Waals surface area (Å²) in [4.78, 5) is 4.72. The van der Waals surface area contributed by atoms with Crippen LogP contribution in [0.4, 0.5) is 0 Å². The van der Waals surface area contributed by atoms with E-state index in [9.17, 15) is 0 Å². The van der Waals surface area contributed by atoms with Crippen molar-refractivity contribution in [2.75, 3.05) is 19.8 Å². The van der Waals surface area contributed by atoms with Crippen LogP contribution in [0, 0.1) is 5.92 Å². The number of aromatic amines is 1. The first-order valence-electron chi connectivity index (χ1n) is 9.93.